The summed E-state index contributed by atoms with van der Waals surface area (Å²) in [5.41, 5.74) is 7.81. The Morgan fingerprint density at radius 2 is 1.73 bits per heavy atom. The molecule has 12 unspecified atom stereocenters. The summed E-state index contributed by atoms with van der Waals surface area (Å²) in [6, 6.07) is -2.28. The van der Waals surface area contributed by atoms with Gasteiger partial charge in [-0.2, -0.15) is 0 Å². The number of allylic oxidation sites excluding steroid dienone is 3. The molecule has 3 rings (SSSR count). The highest BCUT2D eigenvalue weighted by molar-refractivity contribution is 6.39. The number of esters is 1. The van der Waals surface area contributed by atoms with Crippen LogP contribution in [0.4, 0.5) is 0 Å². The van der Waals surface area contributed by atoms with Crippen molar-refractivity contribution < 1.29 is 48.3 Å². The molecule has 4 N–H and O–H groups in total. The first-order chi connectivity index (χ1) is 24.0. The number of rotatable bonds is 6. The summed E-state index contributed by atoms with van der Waals surface area (Å²) in [6.45, 7) is 13.5. The lowest BCUT2D eigenvalue weighted by atomic mass is 9.81. The van der Waals surface area contributed by atoms with E-state index >= 15 is 0 Å². The highest BCUT2D eigenvalue weighted by Crippen LogP contribution is 2.39. The SMILES string of the molecule is CC/C1=C\C(C)CC(C)CC(OC)C2OC(O)(C(=O)C(=O)N3CCCCC3C(=O)OC(C(C)=CC(C)CC)C(N)C(O)CC1=O)C(C)CC2OC. The van der Waals surface area contributed by atoms with Crippen molar-refractivity contribution in [3.8, 4) is 0 Å². The molecule has 0 radical (unpaired) electrons. The van der Waals surface area contributed by atoms with Crippen molar-refractivity contribution in [2.45, 2.75) is 155 Å². The Morgan fingerprint density at radius 3 is 2.33 bits per heavy atom. The number of Topliss-reactive ketones (excluding diaryl/α,β-unsaturated/α-hetero) is 2. The number of hydrogen-bond donors (Lipinski definition) is 3. The maximum absolute atomic E-state index is 14.1. The number of methoxy groups -OCH3 is 2. The van der Waals surface area contributed by atoms with Crippen molar-refractivity contribution in [2.75, 3.05) is 20.8 Å². The minimum Gasteiger partial charge on any atom is -0.455 e. The molecule has 12 atom stereocenters. The van der Waals surface area contributed by atoms with E-state index in [9.17, 15) is 29.4 Å². The second-order valence-electron chi connectivity index (χ2n) is 15.3. The van der Waals surface area contributed by atoms with E-state index in [4.69, 9.17) is 24.7 Å². The molecule has 0 aromatic carbocycles. The zero-order valence-electron chi connectivity index (χ0n) is 32.3. The second kappa shape index (κ2) is 19.0. The number of carbonyl (C=O) groups excluding carboxylic acids is 4. The first-order valence-corrected chi connectivity index (χ1v) is 18.9. The van der Waals surface area contributed by atoms with Gasteiger partial charge < -0.3 is 39.8 Å². The number of amides is 1. The number of carbonyl (C=O) groups is 4. The summed E-state index contributed by atoms with van der Waals surface area (Å²) in [4.78, 5) is 56.8. The number of ketones is 2. The molecule has 2 fully saturated rings. The average Bonchev–Trinajstić information content (AvgIpc) is 3.10. The number of aliphatic hydroxyl groups excluding tert-OH is 1. The zero-order chi connectivity index (χ0) is 38.2. The Labute approximate surface area is 304 Å². The molecule has 2 bridgehead atoms. The monoisotopic (exact) mass is 720 g/mol. The summed E-state index contributed by atoms with van der Waals surface area (Å²) >= 11 is 0. The quantitative estimate of drug-likeness (QED) is 0.205. The molecule has 0 aliphatic carbocycles. The fourth-order valence-electron chi connectivity index (χ4n) is 7.88. The van der Waals surface area contributed by atoms with Gasteiger partial charge in [0.2, 0.25) is 5.79 Å². The number of ether oxygens (including phenoxy) is 4. The van der Waals surface area contributed by atoms with E-state index in [1.807, 2.05) is 39.8 Å². The van der Waals surface area contributed by atoms with Crippen molar-refractivity contribution in [2.24, 2.45) is 29.4 Å². The molecule has 51 heavy (non-hydrogen) atoms. The second-order valence-corrected chi connectivity index (χ2v) is 15.3. The minimum atomic E-state index is -2.49. The standard InChI is InChI=1S/C39H64N2O10/c1-10-22(3)17-25(6)34-33(40)30(43)21-29(42)27(11-2)18-23(4)16-24(5)19-31(48-8)35-32(49-9)20-26(7)39(47,51-35)36(44)37(45)41-15-13-12-14-28(41)38(46)50-34/h17-18,22-24,26,28,30-35,43,47H,10-16,19-21,40H2,1-9H3/b25-17?,27-18+. The smallest absolute Gasteiger partial charge is 0.329 e. The number of fused-ring (bicyclic) bond motifs is 3. The molecule has 3 aliphatic heterocycles. The molecule has 0 aromatic heterocycles. The Balaban J connectivity index is 2.12. The van der Waals surface area contributed by atoms with Crippen LogP contribution in [0.1, 0.15) is 106 Å². The van der Waals surface area contributed by atoms with Crippen LogP contribution in [-0.4, -0.2) is 108 Å². The summed E-state index contributed by atoms with van der Waals surface area (Å²) in [6.07, 6.45) is 3.21. The van der Waals surface area contributed by atoms with Gasteiger partial charge in [-0.25, -0.2) is 4.79 Å². The van der Waals surface area contributed by atoms with Crippen LogP contribution < -0.4 is 5.73 Å². The first-order valence-electron chi connectivity index (χ1n) is 18.9. The van der Waals surface area contributed by atoms with Gasteiger partial charge in [-0.3, -0.25) is 14.4 Å². The van der Waals surface area contributed by atoms with Crippen LogP contribution in [0.25, 0.3) is 0 Å². The van der Waals surface area contributed by atoms with Crippen LogP contribution in [0.2, 0.25) is 0 Å². The molecule has 3 aliphatic rings. The molecule has 12 nitrogen and oxygen atoms in total. The Morgan fingerprint density at radius 1 is 1.08 bits per heavy atom. The summed E-state index contributed by atoms with van der Waals surface area (Å²) < 4.78 is 23.9. The molecule has 0 saturated carbocycles. The van der Waals surface area contributed by atoms with Gasteiger partial charge in [0.05, 0.1) is 24.4 Å². The zero-order valence-corrected chi connectivity index (χ0v) is 32.3. The number of nitrogens with two attached hydrogens (primary N) is 1. The lowest BCUT2D eigenvalue weighted by molar-refractivity contribution is -0.302. The van der Waals surface area contributed by atoms with E-state index in [0.717, 1.165) is 11.3 Å². The van der Waals surface area contributed by atoms with Gasteiger partial charge in [-0.1, -0.05) is 60.1 Å². The lowest BCUT2D eigenvalue weighted by Gasteiger charge is -2.47. The minimum absolute atomic E-state index is 0.00946. The lowest BCUT2D eigenvalue weighted by Crippen LogP contribution is -2.64. The van der Waals surface area contributed by atoms with Crippen molar-refractivity contribution in [3.05, 3.63) is 23.3 Å². The molecule has 3 heterocycles. The van der Waals surface area contributed by atoms with Gasteiger partial charge in [0, 0.05) is 33.1 Å². The largest absolute Gasteiger partial charge is 0.455 e. The van der Waals surface area contributed by atoms with E-state index in [-0.39, 0.29) is 49.3 Å². The number of aliphatic hydroxyl groups is 2. The van der Waals surface area contributed by atoms with Crippen LogP contribution in [0.15, 0.2) is 23.3 Å². The van der Waals surface area contributed by atoms with Crippen LogP contribution in [0, 0.1) is 23.7 Å². The van der Waals surface area contributed by atoms with E-state index in [0.29, 0.717) is 43.3 Å². The molecule has 1 amide bonds. The highest BCUT2D eigenvalue weighted by atomic mass is 16.7. The number of nitrogens with zero attached hydrogens (tertiary/aromatic N) is 1. The molecule has 0 aromatic rings. The van der Waals surface area contributed by atoms with Gasteiger partial charge in [0.15, 0.2) is 5.78 Å². The first kappa shape index (κ1) is 42.9. The van der Waals surface area contributed by atoms with Crippen LogP contribution >= 0.6 is 0 Å². The maximum Gasteiger partial charge on any atom is 0.329 e. The number of piperidine rings is 1. The highest BCUT2D eigenvalue weighted by Gasteiger charge is 2.56. The Bertz CT molecular complexity index is 1280. The number of cyclic esters (lactones) is 1. The predicted octanol–water partition coefficient (Wildman–Crippen LogP) is 4.03. The predicted molar refractivity (Wildman–Crippen MR) is 192 cm³/mol. The van der Waals surface area contributed by atoms with Gasteiger partial charge >= 0.3 is 5.97 Å². The average molecular weight is 721 g/mol. The van der Waals surface area contributed by atoms with Crippen molar-refractivity contribution >= 4 is 23.4 Å². The molecule has 2 saturated heterocycles. The molecular weight excluding hydrogens is 656 g/mol. The van der Waals surface area contributed by atoms with Crippen molar-refractivity contribution in [3.63, 3.8) is 0 Å². The van der Waals surface area contributed by atoms with Gasteiger partial charge in [0.1, 0.15) is 18.2 Å². The normalized spacial score (nSPS) is 38.9. The van der Waals surface area contributed by atoms with Crippen molar-refractivity contribution in [1.82, 2.24) is 4.90 Å². The van der Waals surface area contributed by atoms with Crippen LogP contribution in [-0.2, 0) is 38.1 Å². The van der Waals surface area contributed by atoms with Crippen LogP contribution in [0.3, 0.4) is 0 Å². The summed E-state index contributed by atoms with van der Waals surface area (Å²) in [7, 11) is 3.06. The third-order valence-corrected chi connectivity index (χ3v) is 11.2. The van der Waals surface area contributed by atoms with Gasteiger partial charge in [0.25, 0.3) is 11.7 Å². The topological polar surface area (TPSA) is 175 Å². The summed E-state index contributed by atoms with van der Waals surface area (Å²) in [5.74, 6) is -6.35. The Hall–Kier alpha value is -2.48. The molecule has 0 spiro atoms. The van der Waals surface area contributed by atoms with Gasteiger partial charge in [-0.05, 0) is 80.8 Å². The van der Waals surface area contributed by atoms with Crippen molar-refractivity contribution in [1.29, 1.82) is 0 Å². The van der Waals surface area contributed by atoms with E-state index in [2.05, 4.69) is 6.92 Å². The van der Waals surface area contributed by atoms with E-state index in [1.165, 1.54) is 14.2 Å². The summed E-state index contributed by atoms with van der Waals surface area (Å²) in [5, 5.41) is 23.3. The van der Waals surface area contributed by atoms with Gasteiger partial charge in [-0.15, -0.1) is 0 Å². The number of hydrogen-bond acceptors (Lipinski definition) is 11. The maximum atomic E-state index is 14.1. The fourth-order valence-corrected chi connectivity index (χ4v) is 7.88. The molecule has 290 valence electrons. The Kier molecular flexibility index (Phi) is 16.0. The molecule has 12 heteroatoms. The molecular formula is C39H64N2O10. The van der Waals surface area contributed by atoms with E-state index < -0.39 is 72.0 Å². The third kappa shape index (κ3) is 10.4. The fraction of sp³-hybridized carbons (Fsp3) is 0.795. The van der Waals surface area contributed by atoms with Crippen LogP contribution in [0.5, 0.6) is 0 Å². The van der Waals surface area contributed by atoms with E-state index in [1.54, 1.807) is 13.8 Å². The third-order valence-electron chi connectivity index (χ3n) is 11.2.